The van der Waals surface area contributed by atoms with Crippen LogP contribution in [0.4, 0.5) is 0 Å². The molecule has 3 rings (SSSR count). The third-order valence-electron chi connectivity index (χ3n) is 5.51. The Balaban J connectivity index is 1.67. The molecule has 21 heavy (non-hydrogen) atoms. The van der Waals surface area contributed by atoms with Crippen LogP contribution in [0.15, 0.2) is 30.3 Å². The molecule has 0 spiro atoms. The fourth-order valence-corrected chi connectivity index (χ4v) is 4.22. The van der Waals surface area contributed by atoms with E-state index in [9.17, 15) is 5.11 Å². The van der Waals surface area contributed by atoms with Gasteiger partial charge in [-0.15, -0.1) is 0 Å². The van der Waals surface area contributed by atoms with E-state index in [1.165, 1.54) is 32.1 Å². The van der Waals surface area contributed by atoms with Crippen LogP contribution >= 0.6 is 0 Å². The normalized spacial score (nSPS) is 29.6. The number of likely N-dealkylation sites (tertiary alicyclic amines) is 1. The molecule has 116 valence electrons. The molecule has 3 unspecified atom stereocenters. The molecular formula is C18H28N2O. The second-order valence-corrected chi connectivity index (χ2v) is 7.01. The maximum atomic E-state index is 9.85. The van der Waals surface area contributed by atoms with Gasteiger partial charge >= 0.3 is 0 Å². The summed E-state index contributed by atoms with van der Waals surface area (Å²) in [6.45, 7) is 3.06. The first-order valence-electron chi connectivity index (χ1n) is 8.39. The predicted molar refractivity (Wildman–Crippen MR) is 85.9 cm³/mol. The molecule has 3 N–H and O–H groups in total. The minimum Gasteiger partial charge on any atom is -0.394 e. The quantitative estimate of drug-likeness (QED) is 0.894. The van der Waals surface area contributed by atoms with E-state index in [0.29, 0.717) is 0 Å². The number of aliphatic hydroxyl groups excluding tert-OH is 1. The number of hydrogen-bond acceptors (Lipinski definition) is 3. The van der Waals surface area contributed by atoms with Crippen molar-refractivity contribution >= 4 is 0 Å². The molecule has 1 aromatic rings. The van der Waals surface area contributed by atoms with Gasteiger partial charge in [0.15, 0.2) is 0 Å². The van der Waals surface area contributed by atoms with Crippen LogP contribution in [-0.2, 0) is 5.54 Å². The first-order chi connectivity index (χ1) is 10.2. The molecule has 2 fully saturated rings. The van der Waals surface area contributed by atoms with E-state index in [2.05, 4.69) is 4.90 Å². The van der Waals surface area contributed by atoms with Crippen molar-refractivity contribution in [3.8, 4) is 0 Å². The molecule has 1 saturated heterocycles. The summed E-state index contributed by atoms with van der Waals surface area (Å²) in [5.41, 5.74) is 6.93. The molecule has 0 bridgehead atoms. The third kappa shape index (κ3) is 3.31. The minimum atomic E-state index is -0.636. The number of benzene rings is 1. The standard InChI is InChI=1S/C18H28N2O/c19-18(14-21,17-8-2-1-3-9-17)13-20-11-10-15-6-4-5-7-16(15)12-20/h1-3,8-9,15-16,21H,4-7,10-14,19H2. The molecule has 1 heterocycles. The average molecular weight is 288 g/mol. The van der Waals surface area contributed by atoms with Crippen molar-refractivity contribution in [2.24, 2.45) is 17.6 Å². The highest BCUT2D eigenvalue weighted by Gasteiger charge is 2.35. The van der Waals surface area contributed by atoms with Crippen molar-refractivity contribution in [1.82, 2.24) is 4.90 Å². The summed E-state index contributed by atoms with van der Waals surface area (Å²) in [5.74, 6) is 1.79. The Labute approximate surface area is 128 Å². The number of piperidine rings is 1. The molecule has 1 aliphatic carbocycles. The van der Waals surface area contributed by atoms with Gasteiger partial charge in [-0.2, -0.15) is 0 Å². The van der Waals surface area contributed by atoms with Gasteiger partial charge in [-0.1, -0.05) is 49.6 Å². The Hall–Kier alpha value is -0.900. The second kappa shape index (κ2) is 6.47. The summed E-state index contributed by atoms with van der Waals surface area (Å²) in [6, 6.07) is 10.1. The SMILES string of the molecule is NC(CO)(CN1CCC2CCCCC2C1)c1ccccc1. The number of fused-ring (bicyclic) bond motifs is 1. The molecule has 1 saturated carbocycles. The zero-order valence-electron chi connectivity index (χ0n) is 12.9. The Morgan fingerprint density at radius 1 is 1.10 bits per heavy atom. The molecular weight excluding hydrogens is 260 g/mol. The number of aliphatic hydroxyl groups is 1. The summed E-state index contributed by atoms with van der Waals surface area (Å²) >= 11 is 0. The summed E-state index contributed by atoms with van der Waals surface area (Å²) in [4.78, 5) is 2.48. The maximum absolute atomic E-state index is 9.85. The molecule has 0 amide bonds. The Morgan fingerprint density at radius 3 is 2.52 bits per heavy atom. The van der Waals surface area contributed by atoms with Gasteiger partial charge < -0.3 is 15.7 Å². The van der Waals surface area contributed by atoms with E-state index in [4.69, 9.17) is 5.73 Å². The molecule has 3 heteroatoms. The molecule has 1 aromatic carbocycles. The van der Waals surface area contributed by atoms with Gasteiger partial charge in [0.25, 0.3) is 0 Å². The molecule has 3 nitrogen and oxygen atoms in total. The van der Waals surface area contributed by atoms with Crippen LogP contribution in [0.3, 0.4) is 0 Å². The zero-order valence-corrected chi connectivity index (χ0v) is 12.9. The fourth-order valence-electron chi connectivity index (χ4n) is 4.22. The summed E-state index contributed by atoms with van der Waals surface area (Å²) in [6.07, 6.45) is 6.92. The van der Waals surface area contributed by atoms with Crippen molar-refractivity contribution in [3.05, 3.63) is 35.9 Å². The predicted octanol–water partition coefficient (Wildman–Crippen LogP) is 2.34. The Bertz CT molecular complexity index is 450. The molecule has 2 aliphatic rings. The lowest BCUT2D eigenvalue weighted by Gasteiger charge is -2.44. The average Bonchev–Trinajstić information content (AvgIpc) is 2.55. The monoisotopic (exact) mass is 288 g/mol. The maximum Gasteiger partial charge on any atom is 0.0772 e. The van der Waals surface area contributed by atoms with Crippen LogP contribution in [0.25, 0.3) is 0 Å². The lowest BCUT2D eigenvalue weighted by molar-refractivity contribution is 0.0560. The summed E-state index contributed by atoms with van der Waals surface area (Å²) in [7, 11) is 0. The van der Waals surface area contributed by atoms with Gasteiger partial charge in [0.05, 0.1) is 12.1 Å². The highest BCUT2D eigenvalue weighted by molar-refractivity contribution is 5.24. The van der Waals surface area contributed by atoms with E-state index in [-0.39, 0.29) is 6.61 Å². The van der Waals surface area contributed by atoms with E-state index in [0.717, 1.165) is 37.0 Å². The van der Waals surface area contributed by atoms with Crippen LogP contribution in [0.5, 0.6) is 0 Å². The van der Waals surface area contributed by atoms with Crippen molar-refractivity contribution < 1.29 is 5.11 Å². The van der Waals surface area contributed by atoms with Crippen LogP contribution in [0.1, 0.15) is 37.7 Å². The fraction of sp³-hybridized carbons (Fsp3) is 0.667. The Morgan fingerprint density at radius 2 is 1.81 bits per heavy atom. The van der Waals surface area contributed by atoms with E-state index in [1.54, 1.807) is 0 Å². The number of rotatable bonds is 4. The first-order valence-corrected chi connectivity index (χ1v) is 8.39. The van der Waals surface area contributed by atoms with Crippen LogP contribution in [0.2, 0.25) is 0 Å². The number of nitrogens with zero attached hydrogens (tertiary/aromatic N) is 1. The third-order valence-corrected chi connectivity index (χ3v) is 5.51. The van der Waals surface area contributed by atoms with Gasteiger partial charge in [0.1, 0.15) is 0 Å². The smallest absolute Gasteiger partial charge is 0.0772 e. The molecule has 0 aromatic heterocycles. The number of hydrogen-bond donors (Lipinski definition) is 2. The van der Waals surface area contributed by atoms with Gasteiger partial charge in [0.2, 0.25) is 0 Å². The largest absolute Gasteiger partial charge is 0.394 e. The second-order valence-electron chi connectivity index (χ2n) is 7.01. The van der Waals surface area contributed by atoms with Gasteiger partial charge in [0, 0.05) is 13.1 Å². The summed E-state index contributed by atoms with van der Waals surface area (Å²) < 4.78 is 0. The highest BCUT2D eigenvalue weighted by atomic mass is 16.3. The Kier molecular flexibility index (Phi) is 4.63. The lowest BCUT2D eigenvalue weighted by atomic mass is 9.75. The van der Waals surface area contributed by atoms with Crippen LogP contribution in [-0.4, -0.2) is 36.2 Å². The lowest BCUT2D eigenvalue weighted by Crippen LogP contribution is -2.53. The minimum absolute atomic E-state index is 0.00160. The van der Waals surface area contributed by atoms with Crippen LogP contribution < -0.4 is 5.73 Å². The van der Waals surface area contributed by atoms with Crippen molar-refractivity contribution in [3.63, 3.8) is 0 Å². The van der Waals surface area contributed by atoms with Crippen molar-refractivity contribution in [2.45, 2.75) is 37.6 Å². The van der Waals surface area contributed by atoms with Gasteiger partial charge in [-0.3, -0.25) is 0 Å². The molecule has 0 radical (unpaired) electrons. The van der Waals surface area contributed by atoms with Gasteiger partial charge in [-0.05, 0) is 36.8 Å². The van der Waals surface area contributed by atoms with Gasteiger partial charge in [-0.25, -0.2) is 0 Å². The van der Waals surface area contributed by atoms with Crippen molar-refractivity contribution in [1.29, 1.82) is 0 Å². The van der Waals surface area contributed by atoms with Crippen LogP contribution in [0, 0.1) is 11.8 Å². The van der Waals surface area contributed by atoms with E-state index in [1.807, 2.05) is 30.3 Å². The topological polar surface area (TPSA) is 49.5 Å². The first kappa shape index (κ1) is 15.0. The van der Waals surface area contributed by atoms with Crippen molar-refractivity contribution in [2.75, 3.05) is 26.2 Å². The zero-order chi connectivity index (χ0) is 14.7. The van der Waals surface area contributed by atoms with E-state index >= 15 is 0 Å². The summed E-state index contributed by atoms with van der Waals surface area (Å²) in [5, 5.41) is 9.85. The highest BCUT2D eigenvalue weighted by Crippen LogP contribution is 2.36. The van der Waals surface area contributed by atoms with E-state index < -0.39 is 5.54 Å². The number of nitrogens with two attached hydrogens (primary N) is 1. The molecule has 1 aliphatic heterocycles. The molecule has 3 atom stereocenters.